The van der Waals surface area contributed by atoms with Gasteiger partial charge in [0.25, 0.3) is 0 Å². The van der Waals surface area contributed by atoms with Crippen molar-refractivity contribution in [2.45, 2.75) is 6.92 Å². The van der Waals surface area contributed by atoms with Crippen molar-refractivity contribution in [1.82, 2.24) is 0 Å². The highest BCUT2D eigenvalue weighted by Crippen LogP contribution is 2.25. The molecule has 0 heterocycles. The van der Waals surface area contributed by atoms with Gasteiger partial charge in [0.15, 0.2) is 0 Å². The summed E-state index contributed by atoms with van der Waals surface area (Å²) in [6.07, 6.45) is 0. The largest absolute Gasteiger partial charge is 0.492 e. The summed E-state index contributed by atoms with van der Waals surface area (Å²) in [5.41, 5.74) is 7.28. The monoisotopic (exact) mass is 226 g/mol. The summed E-state index contributed by atoms with van der Waals surface area (Å²) in [5, 5.41) is 3.66. The molecule has 0 aromatic heterocycles. The molecule has 0 fully saturated rings. The summed E-state index contributed by atoms with van der Waals surface area (Å²) in [4.78, 5) is 0. The molecule has 4 heteroatoms. The zero-order chi connectivity index (χ0) is 11.3. The molecule has 0 aliphatic carbocycles. The van der Waals surface area contributed by atoms with E-state index in [1.165, 1.54) is 0 Å². The molecule has 0 atom stereocenters. The number of nitrogen functional groups attached to an aromatic ring is 1. The Hall–Kier alpha value is -1.35. The third-order valence-electron chi connectivity index (χ3n) is 1.80. The van der Waals surface area contributed by atoms with Gasteiger partial charge in [-0.3, -0.25) is 0 Å². The van der Waals surface area contributed by atoms with Gasteiger partial charge in [0.05, 0.1) is 18.8 Å². The van der Waals surface area contributed by atoms with Crippen LogP contribution in [0.5, 0.6) is 5.75 Å². The van der Waals surface area contributed by atoms with Crippen LogP contribution in [-0.2, 0) is 0 Å². The normalized spacial score (nSPS) is 9.73. The first-order valence-corrected chi connectivity index (χ1v) is 5.10. The summed E-state index contributed by atoms with van der Waals surface area (Å²) in [7, 11) is 0. The van der Waals surface area contributed by atoms with Crippen molar-refractivity contribution in [1.29, 1.82) is 0 Å². The van der Waals surface area contributed by atoms with E-state index < -0.39 is 0 Å². The summed E-state index contributed by atoms with van der Waals surface area (Å²) in [5.74, 6) is 0.683. The smallest absolute Gasteiger partial charge is 0.144 e. The van der Waals surface area contributed by atoms with Gasteiger partial charge in [0.2, 0.25) is 0 Å². The van der Waals surface area contributed by atoms with Gasteiger partial charge in [0, 0.05) is 16.8 Å². The molecule has 0 unspecified atom stereocenters. The number of rotatable bonds is 5. The molecular weight excluding hydrogens is 212 g/mol. The molecule has 0 bridgehead atoms. The zero-order valence-electron chi connectivity index (χ0n) is 8.72. The number of ether oxygens (including phenoxy) is 1. The highest BCUT2D eigenvalue weighted by Gasteiger charge is 2.01. The second-order valence-corrected chi connectivity index (χ2v) is 3.59. The minimum atomic E-state index is 0.525. The van der Waals surface area contributed by atoms with Gasteiger partial charge in [-0.15, -0.1) is 0 Å². The van der Waals surface area contributed by atoms with Crippen LogP contribution >= 0.6 is 11.6 Å². The molecule has 3 N–H and O–H groups in total. The Kier molecular flexibility index (Phi) is 4.31. The lowest BCUT2D eigenvalue weighted by molar-refractivity contribution is 0.342. The van der Waals surface area contributed by atoms with E-state index in [1.54, 1.807) is 6.07 Å². The standard InChI is InChI=1S/C11H15ClN2O/c1-3-15-11-6-9(4-5-10(11)13)14-7-8(2)12/h4-6,14H,2-3,7,13H2,1H3. The second kappa shape index (κ2) is 5.51. The van der Waals surface area contributed by atoms with E-state index in [0.717, 1.165) is 5.69 Å². The van der Waals surface area contributed by atoms with E-state index in [-0.39, 0.29) is 0 Å². The van der Waals surface area contributed by atoms with E-state index in [9.17, 15) is 0 Å². The number of nitrogens with two attached hydrogens (primary N) is 1. The SMILES string of the molecule is C=C(Cl)CNc1ccc(N)c(OCC)c1. The topological polar surface area (TPSA) is 47.3 Å². The van der Waals surface area contributed by atoms with Gasteiger partial charge in [-0.05, 0) is 19.1 Å². The average molecular weight is 227 g/mol. The van der Waals surface area contributed by atoms with Crippen molar-refractivity contribution < 1.29 is 4.74 Å². The highest BCUT2D eigenvalue weighted by molar-refractivity contribution is 6.29. The Bertz CT molecular complexity index is 352. The Balaban J connectivity index is 2.73. The maximum atomic E-state index is 5.74. The highest BCUT2D eigenvalue weighted by atomic mass is 35.5. The molecule has 15 heavy (non-hydrogen) atoms. The third-order valence-corrected chi connectivity index (χ3v) is 1.93. The van der Waals surface area contributed by atoms with Gasteiger partial charge in [-0.2, -0.15) is 0 Å². The number of hydrogen-bond donors (Lipinski definition) is 2. The van der Waals surface area contributed by atoms with Crippen LogP contribution in [0.1, 0.15) is 6.92 Å². The van der Waals surface area contributed by atoms with Crippen molar-refractivity contribution >= 4 is 23.0 Å². The first kappa shape index (κ1) is 11.7. The number of nitrogens with one attached hydrogen (secondary N) is 1. The van der Waals surface area contributed by atoms with Gasteiger partial charge >= 0.3 is 0 Å². The molecule has 0 saturated carbocycles. The fourth-order valence-corrected chi connectivity index (χ4v) is 1.19. The van der Waals surface area contributed by atoms with E-state index in [4.69, 9.17) is 22.1 Å². The maximum Gasteiger partial charge on any atom is 0.144 e. The van der Waals surface area contributed by atoms with E-state index in [0.29, 0.717) is 29.6 Å². The summed E-state index contributed by atoms with van der Waals surface area (Å²) in [6, 6.07) is 5.51. The molecule has 0 spiro atoms. The molecule has 1 aromatic carbocycles. The number of anilines is 2. The lowest BCUT2D eigenvalue weighted by Gasteiger charge is -2.10. The Labute approximate surface area is 94.9 Å². The molecule has 3 nitrogen and oxygen atoms in total. The van der Waals surface area contributed by atoms with Crippen LogP contribution in [0, 0.1) is 0 Å². The first-order valence-electron chi connectivity index (χ1n) is 4.73. The number of halogens is 1. The molecule has 0 aliphatic heterocycles. The van der Waals surface area contributed by atoms with Gasteiger partial charge in [-0.1, -0.05) is 18.2 Å². The Morgan fingerprint density at radius 3 is 2.93 bits per heavy atom. The fraction of sp³-hybridized carbons (Fsp3) is 0.273. The average Bonchev–Trinajstić information content (AvgIpc) is 2.19. The minimum Gasteiger partial charge on any atom is -0.492 e. The van der Waals surface area contributed by atoms with Crippen LogP contribution < -0.4 is 15.8 Å². The Morgan fingerprint density at radius 1 is 1.60 bits per heavy atom. The molecule has 0 aliphatic rings. The number of benzene rings is 1. The van der Waals surface area contributed by atoms with Crippen LogP contribution in [0.25, 0.3) is 0 Å². The Morgan fingerprint density at radius 2 is 2.33 bits per heavy atom. The lowest BCUT2D eigenvalue weighted by Crippen LogP contribution is -2.02. The van der Waals surface area contributed by atoms with Crippen LogP contribution in [0.15, 0.2) is 29.8 Å². The van der Waals surface area contributed by atoms with E-state index >= 15 is 0 Å². The molecule has 0 radical (unpaired) electrons. The summed E-state index contributed by atoms with van der Waals surface area (Å²) >= 11 is 5.65. The van der Waals surface area contributed by atoms with E-state index in [2.05, 4.69) is 11.9 Å². The molecular formula is C11H15ClN2O. The van der Waals surface area contributed by atoms with Gasteiger partial charge < -0.3 is 15.8 Å². The van der Waals surface area contributed by atoms with Crippen molar-refractivity contribution in [3.8, 4) is 5.75 Å². The summed E-state index contributed by atoms with van der Waals surface area (Å²) in [6.45, 7) is 6.63. The van der Waals surface area contributed by atoms with Crippen molar-refractivity contribution in [3.05, 3.63) is 29.8 Å². The van der Waals surface area contributed by atoms with Crippen molar-refractivity contribution in [3.63, 3.8) is 0 Å². The molecule has 1 rings (SSSR count). The van der Waals surface area contributed by atoms with Crippen molar-refractivity contribution in [2.75, 3.05) is 24.2 Å². The predicted molar refractivity (Wildman–Crippen MR) is 65.5 cm³/mol. The maximum absolute atomic E-state index is 5.74. The third kappa shape index (κ3) is 3.72. The second-order valence-electron chi connectivity index (χ2n) is 3.06. The number of hydrogen-bond acceptors (Lipinski definition) is 3. The van der Waals surface area contributed by atoms with Crippen LogP contribution in [-0.4, -0.2) is 13.2 Å². The molecule has 0 amide bonds. The quantitative estimate of drug-likeness (QED) is 0.759. The molecule has 82 valence electrons. The summed E-state index contributed by atoms with van der Waals surface area (Å²) < 4.78 is 5.36. The fourth-order valence-electron chi connectivity index (χ4n) is 1.12. The predicted octanol–water partition coefficient (Wildman–Crippen LogP) is 2.83. The van der Waals surface area contributed by atoms with E-state index in [1.807, 2.05) is 19.1 Å². The van der Waals surface area contributed by atoms with Gasteiger partial charge in [0.1, 0.15) is 5.75 Å². The molecule has 1 aromatic rings. The zero-order valence-corrected chi connectivity index (χ0v) is 9.47. The van der Waals surface area contributed by atoms with Crippen LogP contribution in [0.2, 0.25) is 0 Å². The van der Waals surface area contributed by atoms with Crippen LogP contribution in [0.4, 0.5) is 11.4 Å². The minimum absolute atomic E-state index is 0.525. The van der Waals surface area contributed by atoms with Gasteiger partial charge in [-0.25, -0.2) is 0 Å². The first-order chi connectivity index (χ1) is 7.13. The van der Waals surface area contributed by atoms with Crippen LogP contribution in [0.3, 0.4) is 0 Å². The molecule has 0 saturated heterocycles. The van der Waals surface area contributed by atoms with Crippen molar-refractivity contribution in [2.24, 2.45) is 0 Å². The lowest BCUT2D eigenvalue weighted by atomic mass is 10.2.